The van der Waals surface area contributed by atoms with E-state index in [9.17, 15) is 0 Å². The summed E-state index contributed by atoms with van der Waals surface area (Å²) in [4.78, 5) is 5.04. The zero-order chi connectivity index (χ0) is 10.8. The molecule has 0 atom stereocenters. The largest absolute Gasteiger partial charge is 0.379 e. The highest BCUT2D eigenvalue weighted by Gasteiger charge is 1.88. The van der Waals surface area contributed by atoms with Crippen LogP contribution in [-0.4, -0.2) is 6.61 Å². The average Bonchev–Trinajstić information content (AvgIpc) is 2.29. The minimum atomic E-state index is 0.663. The number of rotatable bonds is 7. The van der Waals surface area contributed by atoms with E-state index in [0.29, 0.717) is 6.61 Å². The van der Waals surface area contributed by atoms with Gasteiger partial charge in [-0.05, 0) is 25.0 Å². The van der Waals surface area contributed by atoms with Gasteiger partial charge >= 0.3 is 0 Å². The van der Waals surface area contributed by atoms with Crippen LogP contribution in [0.5, 0.6) is 0 Å². The normalized spacial score (nSPS) is 10.7. The molecule has 0 aliphatic carbocycles. The van der Waals surface area contributed by atoms with E-state index >= 15 is 0 Å². The quantitative estimate of drug-likeness (QED) is 0.372. The molecule has 0 bridgehead atoms. The lowest BCUT2D eigenvalue weighted by molar-refractivity contribution is 0.121. The molecule has 0 fully saturated rings. The third-order valence-electron chi connectivity index (χ3n) is 2.06. The smallest absolute Gasteiger partial charge is 0.119 e. The van der Waals surface area contributed by atoms with Crippen molar-refractivity contribution >= 4 is 5.69 Å². The number of hydrogen-bond donors (Lipinski definition) is 0. The Morgan fingerprint density at radius 2 is 1.87 bits per heavy atom. The lowest BCUT2D eigenvalue weighted by Gasteiger charge is -1.97. The molecule has 15 heavy (non-hydrogen) atoms. The Hall–Kier alpha value is -1.38. The first-order chi connectivity index (χ1) is 7.43. The predicted molar refractivity (Wildman–Crippen MR) is 61.1 cm³/mol. The van der Waals surface area contributed by atoms with E-state index in [2.05, 4.69) is 17.3 Å². The predicted octanol–water partition coefficient (Wildman–Crippen LogP) is 4.28. The first kappa shape index (κ1) is 11.7. The Morgan fingerprint density at radius 1 is 1.07 bits per heavy atom. The molecule has 0 saturated carbocycles. The van der Waals surface area contributed by atoms with E-state index in [1.54, 1.807) is 0 Å². The van der Waals surface area contributed by atoms with Crippen LogP contribution < -0.4 is 0 Å². The number of benzene rings is 1. The zero-order valence-electron chi connectivity index (χ0n) is 9.22. The van der Waals surface area contributed by atoms with E-state index in [1.807, 2.05) is 30.3 Å². The van der Waals surface area contributed by atoms with Gasteiger partial charge < -0.3 is 4.84 Å². The number of unbranched alkanes of at least 4 members (excludes halogenated alkanes) is 3. The van der Waals surface area contributed by atoms with Crippen molar-refractivity contribution in [3.05, 3.63) is 30.3 Å². The van der Waals surface area contributed by atoms with Crippen molar-refractivity contribution in [3.63, 3.8) is 0 Å². The Morgan fingerprint density at radius 3 is 2.60 bits per heavy atom. The highest BCUT2D eigenvalue weighted by Crippen LogP contribution is 2.10. The van der Waals surface area contributed by atoms with Crippen LogP contribution in [0.2, 0.25) is 0 Å². The molecule has 0 aromatic heterocycles. The van der Waals surface area contributed by atoms with Crippen LogP contribution in [0.3, 0.4) is 0 Å². The summed E-state index contributed by atoms with van der Waals surface area (Å²) in [6.45, 7) is 2.85. The molecular formula is C12H18N2O. The average molecular weight is 206 g/mol. The molecule has 0 saturated heterocycles. The fraction of sp³-hybridized carbons (Fsp3) is 0.500. The van der Waals surface area contributed by atoms with Gasteiger partial charge in [0.2, 0.25) is 0 Å². The summed E-state index contributed by atoms with van der Waals surface area (Å²) in [5.41, 5.74) is 0.825. The Balaban J connectivity index is 2.07. The highest BCUT2D eigenvalue weighted by atomic mass is 16.6. The Kier molecular flexibility index (Phi) is 6.21. The summed E-state index contributed by atoms with van der Waals surface area (Å²) in [6, 6.07) is 9.59. The van der Waals surface area contributed by atoms with Crippen LogP contribution in [-0.2, 0) is 4.84 Å². The molecule has 0 N–H and O–H groups in total. The summed E-state index contributed by atoms with van der Waals surface area (Å²) < 4.78 is 0. The van der Waals surface area contributed by atoms with Crippen molar-refractivity contribution < 1.29 is 4.84 Å². The van der Waals surface area contributed by atoms with Gasteiger partial charge in [-0.3, -0.25) is 0 Å². The molecule has 0 aliphatic rings. The maximum Gasteiger partial charge on any atom is 0.119 e. The summed E-state index contributed by atoms with van der Waals surface area (Å²) in [6.07, 6.45) is 4.77. The van der Waals surface area contributed by atoms with Crippen molar-refractivity contribution in [3.8, 4) is 0 Å². The first-order valence-electron chi connectivity index (χ1n) is 5.51. The molecule has 3 nitrogen and oxygen atoms in total. The molecule has 1 aromatic carbocycles. The molecule has 82 valence electrons. The molecule has 3 heteroatoms. The fourth-order valence-electron chi connectivity index (χ4n) is 1.20. The second-order valence-electron chi connectivity index (χ2n) is 3.41. The van der Waals surface area contributed by atoms with Crippen LogP contribution in [0.1, 0.15) is 32.6 Å². The van der Waals surface area contributed by atoms with Crippen LogP contribution >= 0.6 is 0 Å². The highest BCUT2D eigenvalue weighted by molar-refractivity contribution is 5.34. The van der Waals surface area contributed by atoms with E-state index in [-0.39, 0.29) is 0 Å². The van der Waals surface area contributed by atoms with Gasteiger partial charge in [-0.25, -0.2) is 0 Å². The molecule has 0 heterocycles. The maximum absolute atomic E-state index is 5.04. The topological polar surface area (TPSA) is 34.0 Å². The first-order valence-corrected chi connectivity index (χ1v) is 5.51. The van der Waals surface area contributed by atoms with E-state index in [4.69, 9.17) is 4.84 Å². The minimum absolute atomic E-state index is 0.663. The lowest BCUT2D eigenvalue weighted by atomic mass is 10.2. The molecule has 1 aromatic rings. The van der Waals surface area contributed by atoms with Gasteiger partial charge in [-0.2, -0.15) is 0 Å². The third kappa shape index (κ3) is 5.83. The third-order valence-corrected chi connectivity index (χ3v) is 2.06. The van der Waals surface area contributed by atoms with E-state index in [1.165, 1.54) is 19.3 Å². The van der Waals surface area contributed by atoms with Gasteiger partial charge in [0.25, 0.3) is 0 Å². The van der Waals surface area contributed by atoms with Gasteiger partial charge in [0.1, 0.15) is 6.61 Å². The van der Waals surface area contributed by atoms with Gasteiger partial charge in [0.05, 0.1) is 5.69 Å². The lowest BCUT2D eigenvalue weighted by Crippen LogP contribution is -1.86. The summed E-state index contributed by atoms with van der Waals surface area (Å²) in [5, 5.41) is 7.59. The van der Waals surface area contributed by atoms with Gasteiger partial charge in [-0.1, -0.05) is 38.0 Å². The second kappa shape index (κ2) is 7.97. The molecule has 1 rings (SSSR count). The second-order valence-corrected chi connectivity index (χ2v) is 3.41. The summed E-state index contributed by atoms with van der Waals surface area (Å²) in [5.74, 6) is 0. The van der Waals surface area contributed by atoms with Gasteiger partial charge in [-0.15, -0.1) is 5.11 Å². The van der Waals surface area contributed by atoms with E-state index < -0.39 is 0 Å². The van der Waals surface area contributed by atoms with Crippen molar-refractivity contribution in [1.29, 1.82) is 0 Å². The molecule has 0 radical (unpaired) electrons. The fourth-order valence-corrected chi connectivity index (χ4v) is 1.20. The maximum atomic E-state index is 5.04. The van der Waals surface area contributed by atoms with Crippen LogP contribution in [0.4, 0.5) is 5.69 Å². The van der Waals surface area contributed by atoms with Crippen molar-refractivity contribution in [2.45, 2.75) is 32.6 Å². The van der Waals surface area contributed by atoms with Crippen LogP contribution in [0.25, 0.3) is 0 Å². The van der Waals surface area contributed by atoms with Crippen molar-refractivity contribution in [2.24, 2.45) is 10.4 Å². The van der Waals surface area contributed by atoms with Crippen LogP contribution in [0.15, 0.2) is 40.7 Å². The molecular weight excluding hydrogens is 188 g/mol. The van der Waals surface area contributed by atoms with E-state index in [0.717, 1.165) is 12.1 Å². The monoisotopic (exact) mass is 206 g/mol. The number of hydrogen-bond acceptors (Lipinski definition) is 3. The SMILES string of the molecule is CCCCCCON=Nc1ccccc1. The van der Waals surface area contributed by atoms with Gasteiger partial charge in [0, 0.05) is 5.28 Å². The molecule has 0 spiro atoms. The minimum Gasteiger partial charge on any atom is -0.379 e. The Bertz CT molecular complexity index is 272. The number of nitrogens with zero attached hydrogens (tertiary/aromatic N) is 2. The van der Waals surface area contributed by atoms with Gasteiger partial charge in [0.15, 0.2) is 0 Å². The standard InChI is InChI=1S/C12H18N2O/c1-2-3-4-8-11-15-14-13-12-9-6-5-7-10-12/h5-7,9-10H,2-4,8,11H2,1H3. The van der Waals surface area contributed by atoms with Crippen molar-refractivity contribution in [2.75, 3.05) is 6.61 Å². The zero-order valence-corrected chi connectivity index (χ0v) is 9.22. The molecule has 0 amide bonds. The molecule has 0 aliphatic heterocycles. The molecule has 0 unspecified atom stereocenters. The van der Waals surface area contributed by atoms with Crippen molar-refractivity contribution in [1.82, 2.24) is 0 Å². The summed E-state index contributed by atoms with van der Waals surface area (Å²) in [7, 11) is 0. The van der Waals surface area contributed by atoms with Crippen LogP contribution in [0, 0.1) is 0 Å². The Labute approximate surface area is 91.1 Å². The summed E-state index contributed by atoms with van der Waals surface area (Å²) >= 11 is 0.